The molecule has 1 heterocycles. The third-order valence-corrected chi connectivity index (χ3v) is 6.06. The average molecular weight is 339 g/mol. The topological polar surface area (TPSA) is 15.3 Å². The van der Waals surface area contributed by atoms with Crippen LogP contribution < -0.4 is 5.32 Å². The second-order valence-electron chi connectivity index (χ2n) is 6.81. The molecule has 0 aromatic heterocycles. The Balaban J connectivity index is 1.54. The van der Waals surface area contributed by atoms with Gasteiger partial charge in [0.25, 0.3) is 0 Å². The molecule has 0 atom stereocenters. The van der Waals surface area contributed by atoms with Gasteiger partial charge in [-0.3, -0.25) is 0 Å². The first-order valence-corrected chi connectivity index (χ1v) is 9.80. The molecule has 0 bridgehead atoms. The van der Waals surface area contributed by atoms with Gasteiger partial charge in [-0.2, -0.15) is 0 Å². The highest BCUT2D eigenvalue weighted by molar-refractivity contribution is 8.00. The molecule has 2 nitrogen and oxygen atoms in total. The van der Waals surface area contributed by atoms with Crippen molar-refractivity contribution in [2.75, 3.05) is 13.1 Å². The highest BCUT2D eigenvalue weighted by Crippen LogP contribution is 2.32. The lowest BCUT2D eigenvalue weighted by molar-refractivity contribution is 0.189. The average Bonchev–Trinajstić information content (AvgIpc) is 3.31. The van der Waals surface area contributed by atoms with Gasteiger partial charge in [-0.25, -0.2) is 0 Å². The lowest BCUT2D eigenvalue weighted by Crippen LogP contribution is -2.43. The first-order valence-electron chi connectivity index (χ1n) is 8.55. The largest absolute Gasteiger partial charge is 0.310 e. The van der Waals surface area contributed by atoms with Crippen LogP contribution in [0.4, 0.5) is 0 Å². The SMILES string of the molecule is CC(C)Sc1cccc(Cl)c1CNC1CCN(C2CC2)CC1. The molecule has 2 aliphatic rings. The van der Waals surface area contributed by atoms with Crippen molar-refractivity contribution in [2.45, 2.75) is 68.3 Å². The lowest BCUT2D eigenvalue weighted by atomic mass is 10.0. The lowest BCUT2D eigenvalue weighted by Gasteiger charge is -2.32. The van der Waals surface area contributed by atoms with Crippen LogP contribution in [0.3, 0.4) is 0 Å². The number of piperidine rings is 1. The number of hydrogen-bond acceptors (Lipinski definition) is 3. The van der Waals surface area contributed by atoms with E-state index in [1.54, 1.807) is 0 Å². The van der Waals surface area contributed by atoms with Crippen LogP contribution in [0.2, 0.25) is 5.02 Å². The van der Waals surface area contributed by atoms with Crippen LogP contribution in [0.25, 0.3) is 0 Å². The molecule has 1 N–H and O–H groups in total. The molecule has 1 aliphatic heterocycles. The molecule has 22 heavy (non-hydrogen) atoms. The summed E-state index contributed by atoms with van der Waals surface area (Å²) in [5.41, 5.74) is 1.27. The molecule has 122 valence electrons. The van der Waals surface area contributed by atoms with E-state index in [4.69, 9.17) is 11.6 Å². The molecular weight excluding hydrogens is 312 g/mol. The van der Waals surface area contributed by atoms with Gasteiger partial charge in [0.15, 0.2) is 0 Å². The number of hydrogen-bond donors (Lipinski definition) is 1. The summed E-state index contributed by atoms with van der Waals surface area (Å²) in [6, 6.07) is 7.83. The van der Waals surface area contributed by atoms with Crippen LogP contribution in [-0.4, -0.2) is 35.3 Å². The van der Waals surface area contributed by atoms with Crippen LogP contribution in [0, 0.1) is 0 Å². The Kier molecular flexibility index (Phi) is 5.72. The maximum atomic E-state index is 6.44. The third-order valence-electron chi connectivity index (χ3n) is 4.60. The van der Waals surface area contributed by atoms with Crippen molar-refractivity contribution in [3.05, 3.63) is 28.8 Å². The fraction of sp³-hybridized carbons (Fsp3) is 0.667. The van der Waals surface area contributed by atoms with Crippen molar-refractivity contribution in [3.8, 4) is 0 Å². The molecule has 0 amide bonds. The van der Waals surface area contributed by atoms with Gasteiger partial charge in [0.2, 0.25) is 0 Å². The predicted molar refractivity (Wildman–Crippen MR) is 96.9 cm³/mol. The molecule has 1 aromatic carbocycles. The Hall–Kier alpha value is -0.220. The van der Waals surface area contributed by atoms with Crippen molar-refractivity contribution in [1.82, 2.24) is 10.2 Å². The van der Waals surface area contributed by atoms with Crippen LogP contribution in [0.1, 0.15) is 45.1 Å². The number of thioether (sulfide) groups is 1. The second-order valence-corrected chi connectivity index (χ2v) is 8.83. The Morgan fingerprint density at radius 2 is 1.95 bits per heavy atom. The van der Waals surface area contributed by atoms with Gasteiger partial charge in [0.05, 0.1) is 0 Å². The maximum Gasteiger partial charge on any atom is 0.0462 e. The summed E-state index contributed by atoms with van der Waals surface area (Å²) in [6.07, 6.45) is 5.39. The Labute approximate surface area is 144 Å². The first-order chi connectivity index (χ1) is 10.6. The van der Waals surface area contributed by atoms with Crippen LogP contribution in [0.15, 0.2) is 23.1 Å². The zero-order chi connectivity index (χ0) is 15.5. The number of nitrogens with one attached hydrogen (secondary N) is 1. The highest BCUT2D eigenvalue weighted by atomic mass is 35.5. The monoisotopic (exact) mass is 338 g/mol. The summed E-state index contributed by atoms with van der Waals surface area (Å²) in [5.74, 6) is 0. The quantitative estimate of drug-likeness (QED) is 0.766. The van der Waals surface area contributed by atoms with E-state index in [0.717, 1.165) is 17.6 Å². The molecule has 1 saturated carbocycles. The standard InChI is InChI=1S/C18H27ClN2S/c1-13(2)22-18-5-3-4-17(19)16(18)12-20-14-8-10-21(11-9-14)15-6-7-15/h3-5,13-15,20H,6-12H2,1-2H3. The Bertz CT molecular complexity index is 494. The van der Waals surface area contributed by atoms with Gasteiger partial charge in [-0.15, -0.1) is 11.8 Å². The predicted octanol–water partition coefficient (Wildman–Crippen LogP) is 4.56. The van der Waals surface area contributed by atoms with E-state index in [9.17, 15) is 0 Å². The van der Waals surface area contributed by atoms with E-state index in [1.165, 1.54) is 49.2 Å². The molecule has 3 rings (SSSR count). The van der Waals surface area contributed by atoms with E-state index >= 15 is 0 Å². The number of rotatable bonds is 6. The fourth-order valence-corrected chi connectivity index (χ4v) is 4.52. The van der Waals surface area contributed by atoms with Crippen molar-refractivity contribution in [1.29, 1.82) is 0 Å². The summed E-state index contributed by atoms with van der Waals surface area (Å²) in [6.45, 7) is 7.88. The molecule has 0 spiro atoms. The van der Waals surface area contributed by atoms with Gasteiger partial charge in [-0.05, 0) is 56.5 Å². The molecule has 2 fully saturated rings. The van der Waals surface area contributed by atoms with E-state index in [1.807, 2.05) is 17.8 Å². The zero-order valence-electron chi connectivity index (χ0n) is 13.6. The van der Waals surface area contributed by atoms with Gasteiger partial charge in [0, 0.05) is 33.8 Å². The number of benzene rings is 1. The summed E-state index contributed by atoms with van der Waals surface area (Å²) in [4.78, 5) is 4.00. The van der Waals surface area contributed by atoms with E-state index in [0.29, 0.717) is 11.3 Å². The third kappa shape index (κ3) is 4.41. The maximum absolute atomic E-state index is 6.44. The molecule has 4 heteroatoms. The van der Waals surface area contributed by atoms with Gasteiger partial charge >= 0.3 is 0 Å². The Morgan fingerprint density at radius 1 is 1.23 bits per heavy atom. The number of likely N-dealkylation sites (tertiary alicyclic amines) is 1. The van der Waals surface area contributed by atoms with Crippen LogP contribution >= 0.6 is 23.4 Å². The normalized spacial score (nSPS) is 20.7. The molecule has 1 aliphatic carbocycles. The number of nitrogens with zero attached hydrogens (tertiary/aromatic N) is 1. The van der Waals surface area contributed by atoms with E-state index in [2.05, 4.69) is 36.2 Å². The highest BCUT2D eigenvalue weighted by Gasteiger charge is 2.31. The molecule has 0 radical (unpaired) electrons. The van der Waals surface area contributed by atoms with Crippen molar-refractivity contribution in [3.63, 3.8) is 0 Å². The van der Waals surface area contributed by atoms with Crippen LogP contribution in [-0.2, 0) is 6.54 Å². The van der Waals surface area contributed by atoms with Gasteiger partial charge in [-0.1, -0.05) is 31.5 Å². The zero-order valence-corrected chi connectivity index (χ0v) is 15.2. The molecule has 1 aromatic rings. The Morgan fingerprint density at radius 3 is 2.59 bits per heavy atom. The molecular formula is C18H27ClN2S. The number of halogens is 1. The van der Waals surface area contributed by atoms with Crippen molar-refractivity contribution in [2.24, 2.45) is 0 Å². The van der Waals surface area contributed by atoms with E-state index < -0.39 is 0 Å². The summed E-state index contributed by atoms with van der Waals surface area (Å²) in [5, 5.41) is 5.23. The minimum atomic E-state index is 0.582. The van der Waals surface area contributed by atoms with Crippen molar-refractivity contribution < 1.29 is 0 Å². The summed E-state index contributed by atoms with van der Waals surface area (Å²) >= 11 is 8.35. The van der Waals surface area contributed by atoms with E-state index in [-0.39, 0.29) is 0 Å². The van der Waals surface area contributed by atoms with Gasteiger partial charge in [0.1, 0.15) is 0 Å². The minimum absolute atomic E-state index is 0.582. The second kappa shape index (κ2) is 7.57. The first kappa shape index (κ1) is 16.6. The van der Waals surface area contributed by atoms with Crippen LogP contribution in [0.5, 0.6) is 0 Å². The fourth-order valence-electron chi connectivity index (χ4n) is 3.23. The van der Waals surface area contributed by atoms with Gasteiger partial charge < -0.3 is 10.2 Å². The minimum Gasteiger partial charge on any atom is -0.310 e. The smallest absolute Gasteiger partial charge is 0.0462 e. The van der Waals surface area contributed by atoms with Crippen molar-refractivity contribution >= 4 is 23.4 Å². The summed E-state index contributed by atoms with van der Waals surface area (Å²) in [7, 11) is 0. The summed E-state index contributed by atoms with van der Waals surface area (Å²) < 4.78 is 0. The molecule has 1 saturated heterocycles. The molecule has 0 unspecified atom stereocenters.